The molecular formula is C28H32F3N3O4S. The van der Waals surface area contributed by atoms with Gasteiger partial charge in [0.25, 0.3) is 0 Å². The first-order valence-corrected chi connectivity index (χ1v) is 13.9. The van der Waals surface area contributed by atoms with E-state index in [9.17, 15) is 18.0 Å². The Kier molecular flexibility index (Phi) is 8.02. The molecular weight excluding hydrogens is 531 g/mol. The fourth-order valence-electron chi connectivity index (χ4n) is 5.64. The predicted molar refractivity (Wildman–Crippen MR) is 144 cm³/mol. The van der Waals surface area contributed by atoms with Gasteiger partial charge < -0.3 is 19.5 Å². The fraction of sp³-hybridized carbons (Fsp3) is 0.500. The van der Waals surface area contributed by atoms with Gasteiger partial charge >= 0.3 is 12.1 Å². The Bertz CT molecular complexity index is 1320. The lowest BCUT2D eigenvalue weighted by Crippen LogP contribution is -2.59. The lowest BCUT2D eigenvalue weighted by molar-refractivity contribution is -0.138. The van der Waals surface area contributed by atoms with Gasteiger partial charge in [-0.15, -0.1) is 0 Å². The molecule has 2 fully saturated rings. The van der Waals surface area contributed by atoms with Crippen molar-refractivity contribution >= 4 is 32.7 Å². The van der Waals surface area contributed by atoms with Crippen molar-refractivity contribution in [2.24, 2.45) is 0 Å². The monoisotopic (exact) mass is 563 g/mol. The highest BCUT2D eigenvalue weighted by atomic mass is 32.1. The summed E-state index contributed by atoms with van der Waals surface area (Å²) in [5.74, 6) is -0.202. The van der Waals surface area contributed by atoms with E-state index >= 15 is 0 Å². The van der Waals surface area contributed by atoms with Gasteiger partial charge in [-0.1, -0.05) is 17.4 Å². The highest BCUT2D eigenvalue weighted by molar-refractivity contribution is 7.22. The van der Waals surface area contributed by atoms with Crippen molar-refractivity contribution in [3.63, 3.8) is 0 Å². The molecule has 0 saturated carbocycles. The number of carbonyl (C=O) groups is 1. The van der Waals surface area contributed by atoms with E-state index in [1.54, 1.807) is 6.07 Å². The Hall–Kier alpha value is -2.89. The first-order chi connectivity index (χ1) is 18.6. The standard InChI is InChI=1S/C28H32F3N3O4S/c1-19-14-20(17-25(35)36)16-22(15-19)38-11-6-27(34-9-12-37-13-10-34)4-7-33(8-5-27)26-32-23-3-2-21(28(29,30)31)18-24(23)39-26/h2-3,14-16,18H,4-13,17H2,1H3,(H,35,36). The number of aryl methyl sites for hydroxylation is 1. The highest BCUT2D eigenvalue weighted by Gasteiger charge is 2.41. The van der Waals surface area contributed by atoms with Crippen LogP contribution in [0.5, 0.6) is 5.75 Å². The SMILES string of the molecule is Cc1cc(CC(=O)O)cc(OCCC2(N3CCOCC3)CCN(c3nc4ccc(C(F)(F)F)cc4s3)CC2)c1. The lowest BCUT2D eigenvalue weighted by atomic mass is 9.82. The highest BCUT2D eigenvalue weighted by Crippen LogP contribution is 2.39. The summed E-state index contributed by atoms with van der Waals surface area (Å²) < 4.78 is 51.8. The Balaban J connectivity index is 1.28. The molecule has 0 bridgehead atoms. The number of benzene rings is 2. The molecule has 0 aliphatic carbocycles. The molecule has 39 heavy (non-hydrogen) atoms. The van der Waals surface area contributed by atoms with Crippen molar-refractivity contribution in [3.8, 4) is 5.75 Å². The zero-order valence-electron chi connectivity index (χ0n) is 21.8. The van der Waals surface area contributed by atoms with Crippen molar-refractivity contribution < 1.29 is 32.5 Å². The molecule has 0 amide bonds. The molecule has 2 saturated heterocycles. The van der Waals surface area contributed by atoms with Gasteiger partial charge in [0.1, 0.15) is 5.75 Å². The van der Waals surface area contributed by atoms with Crippen molar-refractivity contribution in [3.05, 3.63) is 53.1 Å². The molecule has 3 heterocycles. The van der Waals surface area contributed by atoms with Crippen LogP contribution in [0.4, 0.5) is 18.3 Å². The molecule has 5 rings (SSSR count). The minimum Gasteiger partial charge on any atom is -0.494 e. The normalized spacial score (nSPS) is 18.4. The van der Waals surface area contributed by atoms with E-state index in [-0.39, 0.29) is 12.0 Å². The van der Waals surface area contributed by atoms with Crippen molar-refractivity contribution in [1.29, 1.82) is 0 Å². The molecule has 1 aromatic heterocycles. The van der Waals surface area contributed by atoms with E-state index in [0.29, 0.717) is 41.4 Å². The number of aromatic nitrogens is 1. The first kappa shape index (κ1) is 27.7. The predicted octanol–water partition coefficient (Wildman–Crippen LogP) is 5.39. The molecule has 0 radical (unpaired) electrons. The Morgan fingerprint density at radius 3 is 2.56 bits per heavy atom. The van der Waals surface area contributed by atoms with E-state index in [4.69, 9.17) is 14.6 Å². The van der Waals surface area contributed by atoms with Crippen molar-refractivity contribution in [1.82, 2.24) is 9.88 Å². The van der Waals surface area contributed by atoms with E-state index < -0.39 is 17.7 Å². The molecule has 0 atom stereocenters. The minimum absolute atomic E-state index is 0.0468. The summed E-state index contributed by atoms with van der Waals surface area (Å²) in [5.41, 5.74) is 1.51. The maximum absolute atomic E-state index is 13.2. The van der Waals surface area contributed by atoms with Crippen LogP contribution in [0, 0.1) is 6.92 Å². The van der Waals surface area contributed by atoms with Gasteiger partial charge in [0.15, 0.2) is 5.13 Å². The zero-order chi connectivity index (χ0) is 27.6. The van der Waals surface area contributed by atoms with Crippen LogP contribution in [0.3, 0.4) is 0 Å². The topological polar surface area (TPSA) is 75.1 Å². The summed E-state index contributed by atoms with van der Waals surface area (Å²) in [5, 5.41) is 9.90. The number of morpholine rings is 1. The summed E-state index contributed by atoms with van der Waals surface area (Å²) >= 11 is 1.31. The first-order valence-electron chi connectivity index (χ1n) is 13.1. The van der Waals surface area contributed by atoms with Crippen LogP contribution in [0.1, 0.15) is 36.0 Å². The fourth-order valence-corrected chi connectivity index (χ4v) is 6.70. The van der Waals surface area contributed by atoms with Gasteiger partial charge in [-0.3, -0.25) is 9.69 Å². The van der Waals surface area contributed by atoms with Crippen LogP contribution >= 0.6 is 11.3 Å². The number of halogens is 3. The Morgan fingerprint density at radius 2 is 1.87 bits per heavy atom. The van der Waals surface area contributed by atoms with Crippen molar-refractivity contribution in [2.75, 3.05) is 50.9 Å². The minimum atomic E-state index is -4.38. The Morgan fingerprint density at radius 1 is 1.13 bits per heavy atom. The maximum Gasteiger partial charge on any atom is 0.416 e. The van der Waals surface area contributed by atoms with Crippen LogP contribution in [-0.4, -0.2) is 72.5 Å². The molecule has 210 valence electrons. The third kappa shape index (κ3) is 6.47. The molecule has 1 N–H and O–H groups in total. The number of aliphatic carboxylic acids is 1. The number of carboxylic acids is 1. The van der Waals surface area contributed by atoms with Gasteiger partial charge in [0.05, 0.1) is 42.0 Å². The molecule has 3 aromatic rings. The number of rotatable bonds is 8. The van der Waals surface area contributed by atoms with Gasteiger partial charge in [-0.25, -0.2) is 4.98 Å². The third-order valence-electron chi connectivity index (χ3n) is 7.65. The third-order valence-corrected chi connectivity index (χ3v) is 8.73. The van der Waals surface area contributed by atoms with E-state index in [1.807, 2.05) is 19.1 Å². The molecule has 7 nitrogen and oxygen atoms in total. The summed E-state index contributed by atoms with van der Waals surface area (Å²) in [6, 6.07) is 9.30. The van der Waals surface area contributed by atoms with Crippen molar-refractivity contribution in [2.45, 2.75) is 44.3 Å². The quantitative estimate of drug-likeness (QED) is 0.394. The number of alkyl halides is 3. The van der Waals surface area contributed by atoms with Gasteiger partial charge in [0.2, 0.25) is 0 Å². The number of nitrogens with zero attached hydrogens (tertiary/aromatic N) is 3. The number of carboxylic acid groups (broad SMARTS) is 1. The lowest BCUT2D eigenvalue weighted by Gasteiger charge is -2.50. The van der Waals surface area contributed by atoms with E-state index in [0.717, 1.165) is 62.2 Å². The molecule has 2 aromatic carbocycles. The van der Waals surface area contributed by atoms with Crippen LogP contribution in [0.15, 0.2) is 36.4 Å². The Labute approximate surface area is 229 Å². The van der Waals surface area contributed by atoms with Gasteiger partial charge in [0, 0.05) is 31.7 Å². The second-order valence-corrected chi connectivity index (χ2v) is 11.3. The molecule has 2 aliphatic rings. The largest absolute Gasteiger partial charge is 0.494 e. The number of ether oxygens (including phenoxy) is 2. The van der Waals surface area contributed by atoms with Gasteiger partial charge in [-0.05, 0) is 67.6 Å². The molecule has 11 heteroatoms. The summed E-state index contributed by atoms with van der Waals surface area (Å²) in [6.45, 7) is 6.96. The number of thiazole rings is 1. The second-order valence-electron chi connectivity index (χ2n) is 10.3. The van der Waals surface area contributed by atoms with Crippen LogP contribution in [0.2, 0.25) is 0 Å². The average molecular weight is 564 g/mol. The molecule has 2 aliphatic heterocycles. The number of fused-ring (bicyclic) bond motifs is 1. The number of hydrogen-bond donors (Lipinski definition) is 1. The molecule has 0 unspecified atom stereocenters. The van der Waals surface area contributed by atoms with Crippen LogP contribution in [-0.2, 0) is 22.1 Å². The summed E-state index contributed by atoms with van der Waals surface area (Å²) in [6.07, 6.45) is -1.87. The smallest absolute Gasteiger partial charge is 0.416 e. The summed E-state index contributed by atoms with van der Waals surface area (Å²) in [7, 11) is 0. The molecule has 0 spiro atoms. The van der Waals surface area contributed by atoms with Gasteiger partial charge in [-0.2, -0.15) is 13.2 Å². The van der Waals surface area contributed by atoms with E-state index in [1.165, 1.54) is 23.5 Å². The zero-order valence-corrected chi connectivity index (χ0v) is 22.6. The van der Waals surface area contributed by atoms with Crippen LogP contribution < -0.4 is 9.64 Å². The second kappa shape index (κ2) is 11.3. The average Bonchev–Trinajstić information content (AvgIpc) is 3.32. The van der Waals surface area contributed by atoms with Crippen LogP contribution in [0.25, 0.3) is 10.2 Å². The summed E-state index contributed by atoms with van der Waals surface area (Å²) in [4.78, 5) is 20.5. The van der Waals surface area contributed by atoms with E-state index in [2.05, 4.69) is 14.8 Å². The number of anilines is 1. The number of hydrogen-bond acceptors (Lipinski definition) is 7. The maximum atomic E-state index is 13.2. The number of piperidine rings is 1.